The van der Waals surface area contributed by atoms with Gasteiger partial charge in [0, 0.05) is 37.0 Å². The smallest absolute Gasteiger partial charge is 0.322 e. The minimum Gasteiger partial charge on any atom is -0.497 e. The number of nitrogens with zero attached hydrogens (tertiary/aromatic N) is 2. The molecule has 0 aromatic heterocycles. The van der Waals surface area contributed by atoms with Crippen LogP contribution >= 0.6 is 0 Å². The lowest BCUT2D eigenvalue weighted by atomic mass is 10.1. The second kappa shape index (κ2) is 11.6. The first-order valence-electron chi connectivity index (χ1n) is 11.1. The number of urea groups is 1. The zero-order chi connectivity index (χ0) is 23.8. The summed E-state index contributed by atoms with van der Waals surface area (Å²) in [5, 5.41) is 2.91. The van der Waals surface area contributed by atoms with Crippen molar-refractivity contribution in [2.75, 3.05) is 52.3 Å². The van der Waals surface area contributed by atoms with E-state index in [2.05, 4.69) is 19.2 Å². The van der Waals surface area contributed by atoms with Crippen molar-refractivity contribution in [2.24, 2.45) is 5.92 Å². The van der Waals surface area contributed by atoms with Gasteiger partial charge in [0.1, 0.15) is 11.5 Å². The maximum Gasteiger partial charge on any atom is 0.322 e. The molecule has 1 aliphatic heterocycles. The normalized spacial score (nSPS) is 15.8. The monoisotopic (exact) mass is 455 g/mol. The number of methoxy groups -OCH3 is 2. The number of hydrogen-bond acceptors (Lipinski definition) is 5. The van der Waals surface area contributed by atoms with Crippen LogP contribution in [0.4, 0.5) is 10.5 Å². The summed E-state index contributed by atoms with van der Waals surface area (Å²) in [5.41, 5.74) is 1.23. The van der Waals surface area contributed by atoms with Gasteiger partial charge in [-0.15, -0.1) is 0 Å². The van der Waals surface area contributed by atoms with Crippen LogP contribution in [0.3, 0.4) is 0 Å². The Bertz CT molecular complexity index is 949. The topological polar surface area (TPSA) is 80.3 Å². The molecule has 8 nitrogen and oxygen atoms in total. The van der Waals surface area contributed by atoms with Gasteiger partial charge in [-0.3, -0.25) is 4.79 Å². The molecule has 1 fully saturated rings. The van der Waals surface area contributed by atoms with Gasteiger partial charge in [0.15, 0.2) is 0 Å². The maximum atomic E-state index is 13.2. The summed E-state index contributed by atoms with van der Waals surface area (Å²) in [6, 6.07) is 14.2. The Labute approximate surface area is 195 Å². The molecule has 1 heterocycles. The number of nitrogens with one attached hydrogen (secondary N) is 1. The highest BCUT2D eigenvalue weighted by molar-refractivity contribution is 5.94. The van der Waals surface area contributed by atoms with Gasteiger partial charge < -0.3 is 29.3 Å². The summed E-state index contributed by atoms with van der Waals surface area (Å²) in [6.45, 7) is 6.43. The Morgan fingerprint density at radius 2 is 1.82 bits per heavy atom. The standard InChI is InChI=1S/C25H33N3O5/c1-18(2)15-28(24(29)19-7-5-9-21(13-19)31-3)17-23-16-27(11-12-33-23)25(30)26-20-8-6-10-22(14-20)32-4/h5-10,13-14,18,23H,11-12,15-17H2,1-4H3,(H,26,30). The van der Waals surface area contributed by atoms with Crippen LogP contribution in [0.15, 0.2) is 48.5 Å². The number of morpholine rings is 1. The number of anilines is 1. The first-order chi connectivity index (χ1) is 15.9. The summed E-state index contributed by atoms with van der Waals surface area (Å²) in [4.78, 5) is 29.6. The molecule has 33 heavy (non-hydrogen) atoms. The number of ether oxygens (including phenoxy) is 3. The van der Waals surface area contributed by atoms with Crippen molar-refractivity contribution in [2.45, 2.75) is 20.0 Å². The fourth-order valence-electron chi connectivity index (χ4n) is 3.78. The third-order valence-electron chi connectivity index (χ3n) is 5.36. The van der Waals surface area contributed by atoms with Crippen LogP contribution in [-0.4, -0.2) is 74.8 Å². The minimum absolute atomic E-state index is 0.0795. The minimum atomic E-state index is -0.275. The Balaban J connectivity index is 1.66. The van der Waals surface area contributed by atoms with E-state index in [0.29, 0.717) is 55.5 Å². The quantitative estimate of drug-likeness (QED) is 0.656. The molecule has 1 aliphatic rings. The molecule has 8 heteroatoms. The Morgan fingerprint density at radius 1 is 1.12 bits per heavy atom. The van der Waals surface area contributed by atoms with Gasteiger partial charge in [0.2, 0.25) is 0 Å². The van der Waals surface area contributed by atoms with Crippen LogP contribution in [0.5, 0.6) is 11.5 Å². The predicted octanol–water partition coefficient (Wildman–Crippen LogP) is 3.73. The Kier molecular flexibility index (Phi) is 8.54. The highest BCUT2D eigenvalue weighted by Crippen LogP contribution is 2.19. The molecule has 1 saturated heterocycles. The van der Waals surface area contributed by atoms with Gasteiger partial charge in [-0.25, -0.2) is 4.79 Å². The zero-order valence-corrected chi connectivity index (χ0v) is 19.7. The van der Waals surface area contributed by atoms with E-state index in [1.165, 1.54) is 0 Å². The van der Waals surface area contributed by atoms with Crippen molar-refractivity contribution in [1.82, 2.24) is 9.80 Å². The van der Waals surface area contributed by atoms with Gasteiger partial charge in [-0.05, 0) is 36.2 Å². The first-order valence-corrected chi connectivity index (χ1v) is 11.1. The van der Waals surface area contributed by atoms with Crippen LogP contribution < -0.4 is 14.8 Å². The van der Waals surface area contributed by atoms with Gasteiger partial charge in [-0.1, -0.05) is 26.0 Å². The van der Waals surface area contributed by atoms with E-state index in [1.54, 1.807) is 48.3 Å². The van der Waals surface area contributed by atoms with Crippen LogP contribution in [-0.2, 0) is 4.74 Å². The van der Waals surface area contributed by atoms with Crippen molar-refractivity contribution < 1.29 is 23.8 Å². The second-order valence-electron chi connectivity index (χ2n) is 8.44. The van der Waals surface area contributed by atoms with Gasteiger partial charge in [0.05, 0.1) is 33.5 Å². The molecule has 1 unspecified atom stereocenters. The summed E-state index contributed by atoms with van der Waals surface area (Å²) in [5.74, 6) is 1.52. The number of amides is 3. The molecule has 3 amide bonds. The van der Waals surface area contributed by atoms with E-state index in [1.807, 2.05) is 24.3 Å². The van der Waals surface area contributed by atoms with Gasteiger partial charge in [0.25, 0.3) is 5.91 Å². The molecule has 0 spiro atoms. The fraction of sp³-hybridized carbons (Fsp3) is 0.440. The summed E-state index contributed by atoms with van der Waals surface area (Å²) in [6.07, 6.45) is -0.275. The SMILES string of the molecule is COc1cccc(NC(=O)N2CCOC(CN(CC(C)C)C(=O)c3cccc(OC)c3)C2)c1. The molecular weight excluding hydrogens is 422 g/mol. The molecular formula is C25H33N3O5. The van der Waals surface area contributed by atoms with Crippen LogP contribution in [0.2, 0.25) is 0 Å². The first kappa shape index (κ1) is 24.4. The Morgan fingerprint density at radius 3 is 2.52 bits per heavy atom. The van der Waals surface area contributed by atoms with E-state index >= 15 is 0 Å². The van der Waals surface area contributed by atoms with Gasteiger partial charge in [-0.2, -0.15) is 0 Å². The lowest BCUT2D eigenvalue weighted by Crippen LogP contribution is -2.52. The lowest BCUT2D eigenvalue weighted by Gasteiger charge is -2.36. The van der Waals surface area contributed by atoms with Crippen molar-refractivity contribution >= 4 is 17.6 Å². The predicted molar refractivity (Wildman–Crippen MR) is 127 cm³/mol. The molecule has 0 aliphatic carbocycles. The third kappa shape index (κ3) is 6.86. The van der Waals surface area contributed by atoms with E-state index in [0.717, 1.165) is 0 Å². The summed E-state index contributed by atoms with van der Waals surface area (Å²) in [7, 11) is 3.17. The zero-order valence-electron chi connectivity index (χ0n) is 19.7. The van der Waals surface area contributed by atoms with Crippen molar-refractivity contribution in [1.29, 1.82) is 0 Å². The molecule has 3 rings (SSSR count). The second-order valence-corrected chi connectivity index (χ2v) is 8.44. The molecule has 0 radical (unpaired) electrons. The highest BCUT2D eigenvalue weighted by atomic mass is 16.5. The molecule has 0 saturated carbocycles. The van der Waals surface area contributed by atoms with E-state index < -0.39 is 0 Å². The fourth-order valence-corrected chi connectivity index (χ4v) is 3.78. The molecule has 1 atom stereocenters. The molecule has 2 aromatic rings. The molecule has 0 bridgehead atoms. The maximum absolute atomic E-state index is 13.2. The number of carbonyl (C=O) groups is 2. The molecule has 1 N–H and O–H groups in total. The average Bonchev–Trinajstić information content (AvgIpc) is 2.83. The molecule has 2 aromatic carbocycles. The van der Waals surface area contributed by atoms with E-state index in [9.17, 15) is 9.59 Å². The lowest BCUT2D eigenvalue weighted by molar-refractivity contribution is -0.0272. The largest absolute Gasteiger partial charge is 0.497 e. The van der Waals surface area contributed by atoms with Crippen LogP contribution in [0.1, 0.15) is 24.2 Å². The number of hydrogen-bond donors (Lipinski definition) is 1. The highest BCUT2D eigenvalue weighted by Gasteiger charge is 2.28. The third-order valence-corrected chi connectivity index (χ3v) is 5.36. The van der Waals surface area contributed by atoms with Crippen LogP contribution in [0, 0.1) is 5.92 Å². The van der Waals surface area contributed by atoms with E-state index in [-0.39, 0.29) is 24.0 Å². The van der Waals surface area contributed by atoms with Crippen molar-refractivity contribution in [3.05, 3.63) is 54.1 Å². The van der Waals surface area contributed by atoms with Crippen molar-refractivity contribution in [3.63, 3.8) is 0 Å². The van der Waals surface area contributed by atoms with Gasteiger partial charge >= 0.3 is 6.03 Å². The number of carbonyl (C=O) groups excluding carboxylic acids is 2. The average molecular weight is 456 g/mol. The van der Waals surface area contributed by atoms with E-state index in [4.69, 9.17) is 14.2 Å². The van der Waals surface area contributed by atoms with Crippen molar-refractivity contribution in [3.8, 4) is 11.5 Å². The van der Waals surface area contributed by atoms with Crippen LogP contribution in [0.25, 0.3) is 0 Å². The number of benzene rings is 2. The summed E-state index contributed by atoms with van der Waals surface area (Å²) < 4.78 is 16.4. The Hall–Kier alpha value is -3.26. The summed E-state index contributed by atoms with van der Waals surface area (Å²) >= 11 is 0. The number of rotatable bonds is 8. The molecule has 178 valence electrons.